The molecule has 6 nitrogen and oxygen atoms in total. The number of amides is 2. The van der Waals surface area contributed by atoms with Gasteiger partial charge in [0.15, 0.2) is 0 Å². The van der Waals surface area contributed by atoms with Gasteiger partial charge in [0, 0.05) is 25.3 Å². The molecule has 1 saturated carbocycles. The van der Waals surface area contributed by atoms with Gasteiger partial charge in [-0.2, -0.15) is 5.10 Å². The first-order valence-electron chi connectivity index (χ1n) is 9.20. The van der Waals surface area contributed by atoms with E-state index in [2.05, 4.69) is 10.4 Å². The lowest BCUT2D eigenvalue weighted by molar-refractivity contribution is -0.128. The molecule has 1 atom stereocenters. The van der Waals surface area contributed by atoms with E-state index in [1.807, 2.05) is 13.8 Å². The lowest BCUT2D eigenvalue weighted by Crippen LogP contribution is -2.58. The summed E-state index contributed by atoms with van der Waals surface area (Å²) in [6.07, 6.45) is 8.58. The molecule has 1 aliphatic heterocycles. The highest BCUT2D eigenvalue weighted by molar-refractivity contribution is 5.97. The van der Waals surface area contributed by atoms with Crippen LogP contribution < -0.4 is 5.32 Å². The summed E-state index contributed by atoms with van der Waals surface area (Å²) in [5, 5.41) is 7.19. The van der Waals surface area contributed by atoms with Crippen LogP contribution in [0.3, 0.4) is 0 Å². The highest BCUT2D eigenvalue weighted by Crippen LogP contribution is 2.29. The number of aromatic nitrogens is 2. The summed E-state index contributed by atoms with van der Waals surface area (Å²) >= 11 is 0. The van der Waals surface area contributed by atoms with Gasteiger partial charge in [-0.3, -0.25) is 14.3 Å². The number of carbonyl (C=O) groups excluding carboxylic acids is 2. The van der Waals surface area contributed by atoms with Crippen molar-refractivity contribution in [3.63, 3.8) is 0 Å². The van der Waals surface area contributed by atoms with Crippen LogP contribution in [-0.2, 0) is 4.79 Å². The Hall–Kier alpha value is -1.85. The molecule has 2 heterocycles. The third-order valence-corrected chi connectivity index (χ3v) is 5.25. The van der Waals surface area contributed by atoms with E-state index in [0.29, 0.717) is 24.7 Å². The zero-order valence-corrected chi connectivity index (χ0v) is 14.7. The van der Waals surface area contributed by atoms with Gasteiger partial charge in [-0.1, -0.05) is 32.1 Å². The minimum atomic E-state index is -0.343. The molecule has 1 aromatic rings. The molecular weight excluding hydrogens is 304 g/mol. The maximum atomic E-state index is 13.1. The number of nitrogens with one attached hydrogen (secondary N) is 1. The first-order chi connectivity index (χ1) is 11.6. The Morgan fingerprint density at radius 1 is 1.33 bits per heavy atom. The van der Waals surface area contributed by atoms with Gasteiger partial charge in [0.05, 0.1) is 0 Å². The molecule has 1 aliphatic carbocycles. The van der Waals surface area contributed by atoms with Crippen molar-refractivity contribution in [1.29, 1.82) is 0 Å². The largest absolute Gasteiger partial charge is 0.353 e. The number of carbonyl (C=O) groups is 2. The van der Waals surface area contributed by atoms with Crippen molar-refractivity contribution in [3.8, 4) is 0 Å². The maximum absolute atomic E-state index is 13.1. The van der Waals surface area contributed by atoms with Gasteiger partial charge < -0.3 is 10.2 Å². The Morgan fingerprint density at radius 2 is 2.08 bits per heavy atom. The van der Waals surface area contributed by atoms with Crippen molar-refractivity contribution in [2.45, 2.75) is 64.5 Å². The first-order valence-corrected chi connectivity index (χ1v) is 9.20. The highest BCUT2D eigenvalue weighted by atomic mass is 16.2. The fraction of sp³-hybridized carbons (Fsp3) is 0.722. The molecule has 2 aliphatic rings. The first kappa shape index (κ1) is 17.0. The van der Waals surface area contributed by atoms with Gasteiger partial charge in [0.25, 0.3) is 5.91 Å². The molecule has 0 unspecified atom stereocenters. The summed E-state index contributed by atoms with van der Waals surface area (Å²) in [6, 6.07) is 1.53. The van der Waals surface area contributed by atoms with Crippen LogP contribution in [0.15, 0.2) is 12.3 Å². The topological polar surface area (TPSA) is 67.2 Å². The van der Waals surface area contributed by atoms with Crippen molar-refractivity contribution in [1.82, 2.24) is 20.0 Å². The number of nitrogens with zero attached hydrogens (tertiary/aromatic N) is 3. The molecule has 0 radical (unpaired) electrons. The van der Waals surface area contributed by atoms with Crippen molar-refractivity contribution in [2.24, 2.45) is 5.92 Å². The predicted molar refractivity (Wildman–Crippen MR) is 91.6 cm³/mol. The normalized spacial score (nSPS) is 22.7. The lowest BCUT2D eigenvalue weighted by atomic mass is 9.84. The lowest BCUT2D eigenvalue weighted by Gasteiger charge is -2.37. The molecule has 132 valence electrons. The highest BCUT2D eigenvalue weighted by Gasteiger charge is 2.36. The molecule has 2 fully saturated rings. The van der Waals surface area contributed by atoms with Gasteiger partial charge in [-0.15, -0.1) is 0 Å². The summed E-state index contributed by atoms with van der Waals surface area (Å²) < 4.78 is 1.74. The van der Waals surface area contributed by atoms with Gasteiger partial charge in [-0.05, 0) is 32.3 Å². The second-order valence-corrected chi connectivity index (χ2v) is 7.30. The van der Waals surface area contributed by atoms with Crippen LogP contribution >= 0.6 is 0 Å². The number of rotatable bonds is 4. The van der Waals surface area contributed by atoms with Gasteiger partial charge in [0.2, 0.25) is 5.91 Å². The third kappa shape index (κ3) is 3.47. The summed E-state index contributed by atoms with van der Waals surface area (Å²) in [5.41, 5.74) is 0.577. The van der Waals surface area contributed by atoms with Gasteiger partial charge in [0.1, 0.15) is 11.7 Å². The average molecular weight is 332 g/mol. The van der Waals surface area contributed by atoms with Crippen molar-refractivity contribution in [2.75, 3.05) is 13.1 Å². The molecule has 1 N–H and O–H groups in total. The van der Waals surface area contributed by atoms with Crippen molar-refractivity contribution in [3.05, 3.63) is 18.0 Å². The van der Waals surface area contributed by atoms with E-state index in [1.54, 1.807) is 21.8 Å². The standard InChI is InChI=1S/C18H28N4O2/c1-13(2)22-15(8-9-20-22)18(24)21-11-10-19-17(23)16(21)12-14-6-4-3-5-7-14/h8-9,13-14,16H,3-7,10-12H2,1-2H3,(H,19,23)/t16-/m1/s1. The SMILES string of the molecule is CC(C)n1nccc1C(=O)N1CCNC(=O)[C@H]1CC1CCCCC1. The fourth-order valence-corrected chi connectivity index (χ4v) is 3.97. The van der Waals surface area contributed by atoms with E-state index in [9.17, 15) is 9.59 Å². The average Bonchev–Trinajstić information content (AvgIpc) is 3.07. The van der Waals surface area contributed by atoms with E-state index >= 15 is 0 Å². The molecule has 6 heteroatoms. The Balaban J connectivity index is 1.78. The van der Waals surface area contributed by atoms with Crippen LogP contribution in [0.4, 0.5) is 0 Å². The molecule has 0 aromatic carbocycles. The molecule has 24 heavy (non-hydrogen) atoms. The van der Waals surface area contributed by atoms with E-state index in [4.69, 9.17) is 0 Å². The summed E-state index contributed by atoms with van der Waals surface area (Å²) in [7, 11) is 0. The smallest absolute Gasteiger partial charge is 0.272 e. The summed E-state index contributed by atoms with van der Waals surface area (Å²) in [5.74, 6) is 0.477. The monoisotopic (exact) mass is 332 g/mol. The fourth-order valence-electron chi connectivity index (χ4n) is 3.97. The Morgan fingerprint density at radius 3 is 2.79 bits per heavy atom. The van der Waals surface area contributed by atoms with Crippen molar-refractivity contribution >= 4 is 11.8 Å². The third-order valence-electron chi connectivity index (χ3n) is 5.25. The van der Waals surface area contributed by atoms with E-state index in [1.165, 1.54) is 32.1 Å². The Labute approximate surface area is 143 Å². The number of piperazine rings is 1. The predicted octanol–water partition coefficient (Wildman–Crippen LogP) is 2.38. The zero-order chi connectivity index (χ0) is 17.1. The number of hydrogen-bond acceptors (Lipinski definition) is 3. The minimum absolute atomic E-state index is 0.00390. The van der Waals surface area contributed by atoms with Crippen LogP contribution in [0.25, 0.3) is 0 Å². The molecule has 0 spiro atoms. The van der Waals surface area contributed by atoms with Crippen LogP contribution in [0, 0.1) is 5.92 Å². The second-order valence-electron chi connectivity index (χ2n) is 7.30. The van der Waals surface area contributed by atoms with Crippen LogP contribution in [0.1, 0.15) is 68.9 Å². The van der Waals surface area contributed by atoms with E-state index in [-0.39, 0.29) is 23.9 Å². The number of hydrogen-bond donors (Lipinski definition) is 1. The summed E-state index contributed by atoms with van der Waals surface area (Å²) in [4.78, 5) is 27.3. The maximum Gasteiger partial charge on any atom is 0.272 e. The van der Waals surface area contributed by atoms with Gasteiger partial charge in [-0.25, -0.2) is 0 Å². The molecule has 1 aromatic heterocycles. The van der Waals surface area contributed by atoms with Crippen molar-refractivity contribution < 1.29 is 9.59 Å². The Kier molecular flexibility index (Phi) is 5.21. The molecular formula is C18H28N4O2. The molecule has 1 saturated heterocycles. The van der Waals surface area contributed by atoms with Gasteiger partial charge >= 0.3 is 0 Å². The second kappa shape index (κ2) is 7.36. The van der Waals surface area contributed by atoms with Crippen LogP contribution in [-0.4, -0.2) is 45.6 Å². The zero-order valence-electron chi connectivity index (χ0n) is 14.7. The van der Waals surface area contributed by atoms with Crippen LogP contribution in [0.2, 0.25) is 0 Å². The van der Waals surface area contributed by atoms with Crippen LogP contribution in [0.5, 0.6) is 0 Å². The molecule has 0 bridgehead atoms. The molecule has 3 rings (SSSR count). The summed E-state index contributed by atoms with van der Waals surface area (Å²) in [6.45, 7) is 5.12. The minimum Gasteiger partial charge on any atom is -0.353 e. The van der Waals surface area contributed by atoms with E-state index < -0.39 is 0 Å². The Bertz CT molecular complexity index is 590. The quantitative estimate of drug-likeness (QED) is 0.920. The molecule has 2 amide bonds. The van der Waals surface area contributed by atoms with E-state index in [0.717, 1.165) is 6.42 Å².